The summed E-state index contributed by atoms with van der Waals surface area (Å²) in [6.07, 6.45) is 6.70. The van der Waals surface area contributed by atoms with Crippen LogP contribution in [0.15, 0.2) is 85.6 Å². The van der Waals surface area contributed by atoms with Gasteiger partial charge in [-0.2, -0.15) is 0 Å². The van der Waals surface area contributed by atoms with Crippen molar-refractivity contribution in [1.29, 1.82) is 0 Å². The predicted octanol–water partition coefficient (Wildman–Crippen LogP) is 6.22. The third kappa shape index (κ3) is 6.86. The van der Waals surface area contributed by atoms with E-state index < -0.39 is 0 Å². The summed E-state index contributed by atoms with van der Waals surface area (Å²) in [5.74, 6) is -0.176. The smallest absolute Gasteiger partial charge is 0.336 e. The van der Waals surface area contributed by atoms with E-state index in [1.807, 2.05) is 24.5 Å². The molecule has 2 aromatic heterocycles. The molecule has 0 saturated carbocycles. The van der Waals surface area contributed by atoms with Crippen molar-refractivity contribution in [3.63, 3.8) is 0 Å². The SMILES string of the molecule is CN(Cc1ccc(COc2ncc(-c3cc(Cl)c(O)c(Cl)c3)nn2)cc1)Cc1cccc(-c2cncnc2)c1. The highest BCUT2D eigenvalue weighted by Crippen LogP contribution is 2.35. The average Bonchev–Trinajstić information content (AvgIpc) is 2.96. The zero-order valence-electron chi connectivity index (χ0n) is 21.0. The van der Waals surface area contributed by atoms with Crippen LogP contribution in [0.1, 0.15) is 16.7 Å². The molecule has 0 radical (unpaired) electrons. The van der Waals surface area contributed by atoms with E-state index in [4.69, 9.17) is 27.9 Å². The minimum atomic E-state index is -0.176. The van der Waals surface area contributed by atoms with Gasteiger partial charge in [-0.15, -0.1) is 5.10 Å². The second-order valence-corrected chi connectivity index (χ2v) is 9.83. The molecule has 0 fully saturated rings. The Morgan fingerprint density at radius 3 is 2.15 bits per heavy atom. The first-order chi connectivity index (χ1) is 18.9. The van der Waals surface area contributed by atoms with Gasteiger partial charge in [-0.1, -0.05) is 70.8 Å². The third-order valence-corrected chi connectivity index (χ3v) is 6.55. The van der Waals surface area contributed by atoms with Crippen molar-refractivity contribution in [2.24, 2.45) is 0 Å². The van der Waals surface area contributed by atoms with Crippen molar-refractivity contribution in [2.75, 3.05) is 7.05 Å². The molecule has 5 rings (SSSR count). The fourth-order valence-corrected chi connectivity index (χ4v) is 4.53. The summed E-state index contributed by atoms with van der Waals surface area (Å²) in [7, 11) is 2.10. The first kappa shape index (κ1) is 26.5. The fraction of sp³-hybridized carbons (Fsp3) is 0.138. The van der Waals surface area contributed by atoms with Crippen molar-refractivity contribution in [3.8, 4) is 34.1 Å². The van der Waals surface area contributed by atoms with Gasteiger partial charge in [0.1, 0.15) is 18.6 Å². The molecule has 0 saturated heterocycles. The lowest BCUT2D eigenvalue weighted by Gasteiger charge is -2.17. The van der Waals surface area contributed by atoms with E-state index in [0.717, 1.165) is 29.8 Å². The molecule has 5 aromatic rings. The van der Waals surface area contributed by atoms with Crippen LogP contribution in [0.25, 0.3) is 22.4 Å². The molecule has 1 N–H and O–H groups in total. The number of phenols is 1. The van der Waals surface area contributed by atoms with Crippen LogP contribution in [0.3, 0.4) is 0 Å². The van der Waals surface area contributed by atoms with E-state index in [0.29, 0.717) is 17.9 Å². The minimum absolute atomic E-state index is 0.127. The molecule has 10 heteroatoms. The Kier molecular flexibility index (Phi) is 8.27. The third-order valence-electron chi connectivity index (χ3n) is 5.97. The molecule has 8 nitrogen and oxygen atoms in total. The van der Waals surface area contributed by atoms with Crippen molar-refractivity contribution in [3.05, 3.63) is 112 Å². The first-order valence-corrected chi connectivity index (χ1v) is 12.8. The largest absolute Gasteiger partial charge is 0.505 e. The quantitative estimate of drug-likeness (QED) is 0.227. The van der Waals surface area contributed by atoms with Gasteiger partial charge in [0.15, 0.2) is 5.75 Å². The van der Waals surface area contributed by atoms with Gasteiger partial charge in [0.2, 0.25) is 0 Å². The van der Waals surface area contributed by atoms with E-state index >= 15 is 0 Å². The highest BCUT2D eigenvalue weighted by Gasteiger charge is 2.11. The lowest BCUT2D eigenvalue weighted by atomic mass is 10.1. The minimum Gasteiger partial charge on any atom is -0.505 e. The molecule has 0 atom stereocenters. The second-order valence-electron chi connectivity index (χ2n) is 9.02. The van der Waals surface area contributed by atoms with E-state index in [9.17, 15) is 5.11 Å². The van der Waals surface area contributed by atoms with Crippen LogP contribution >= 0.6 is 23.2 Å². The Morgan fingerprint density at radius 1 is 0.769 bits per heavy atom. The molecule has 196 valence electrons. The van der Waals surface area contributed by atoms with Gasteiger partial charge in [0.25, 0.3) is 0 Å². The summed E-state index contributed by atoms with van der Waals surface area (Å²) in [6.45, 7) is 1.93. The highest BCUT2D eigenvalue weighted by molar-refractivity contribution is 6.37. The highest BCUT2D eigenvalue weighted by atomic mass is 35.5. The Balaban J connectivity index is 1.14. The van der Waals surface area contributed by atoms with Crippen LogP contribution in [0.4, 0.5) is 0 Å². The van der Waals surface area contributed by atoms with Gasteiger partial charge in [-0.05, 0) is 47.5 Å². The molecular formula is C29H24Cl2N6O2. The van der Waals surface area contributed by atoms with Gasteiger partial charge in [0.05, 0.1) is 16.2 Å². The standard InChI is InChI=1S/C29H24Cl2N6O2/c1-37(16-21-3-2-4-22(9-21)24-12-32-18-33-13-24)15-19-5-7-20(8-6-19)17-39-29-34-14-27(35-36-29)23-10-25(30)28(38)26(31)11-23/h2-14,18,38H,15-17H2,1H3. The molecule has 0 amide bonds. The number of aromatic nitrogens is 5. The van der Waals surface area contributed by atoms with Gasteiger partial charge >= 0.3 is 6.01 Å². The number of rotatable bonds is 9. The predicted molar refractivity (Wildman–Crippen MR) is 150 cm³/mol. The molecular weight excluding hydrogens is 535 g/mol. The Morgan fingerprint density at radius 2 is 1.46 bits per heavy atom. The summed E-state index contributed by atoms with van der Waals surface area (Å²) < 4.78 is 5.70. The van der Waals surface area contributed by atoms with Crippen LogP contribution in [0.5, 0.6) is 11.8 Å². The van der Waals surface area contributed by atoms with Crippen molar-refractivity contribution in [1.82, 2.24) is 30.0 Å². The number of aromatic hydroxyl groups is 1. The number of phenolic OH excluding ortho intramolecular Hbond substituents is 1. The van der Waals surface area contributed by atoms with Crippen LogP contribution in [0.2, 0.25) is 10.0 Å². The molecule has 0 spiro atoms. The topological polar surface area (TPSA) is 97.2 Å². The van der Waals surface area contributed by atoms with Crippen LogP contribution in [0, 0.1) is 0 Å². The number of benzene rings is 3. The molecule has 39 heavy (non-hydrogen) atoms. The van der Waals surface area contributed by atoms with E-state index in [-0.39, 0.29) is 21.8 Å². The van der Waals surface area contributed by atoms with Crippen LogP contribution in [-0.4, -0.2) is 42.2 Å². The maximum Gasteiger partial charge on any atom is 0.336 e. The summed E-state index contributed by atoms with van der Waals surface area (Å²) in [4.78, 5) is 14.7. The maximum atomic E-state index is 9.72. The molecule has 0 aliphatic carbocycles. The molecule has 3 aromatic carbocycles. The Hall–Kier alpha value is -4.11. The van der Waals surface area contributed by atoms with Gasteiger partial charge in [-0.25, -0.2) is 15.0 Å². The number of nitrogens with zero attached hydrogens (tertiary/aromatic N) is 6. The van der Waals surface area contributed by atoms with Gasteiger partial charge < -0.3 is 9.84 Å². The Labute approximate surface area is 235 Å². The number of hydrogen-bond acceptors (Lipinski definition) is 8. The average molecular weight is 559 g/mol. The Bertz CT molecular complexity index is 1530. The summed E-state index contributed by atoms with van der Waals surface area (Å²) in [5.41, 5.74) is 6.57. The summed E-state index contributed by atoms with van der Waals surface area (Å²) in [6, 6.07) is 19.9. The van der Waals surface area contributed by atoms with Crippen LogP contribution < -0.4 is 4.74 Å². The van der Waals surface area contributed by atoms with Gasteiger partial charge in [-0.3, -0.25) is 4.90 Å². The van der Waals surface area contributed by atoms with E-state index in [1.54, 1.807) is 12.1 Å². The summed E-state index contributed by atoms with van der Waals surface area (Å²) >= 11 is 12.0. The fourth-order valence-electron chi connectivity index (χ4n) is 4.04. The molecule has 0 bridgehead atoms. The lowest BCUT2D eigenvalue weighted by Crippen LogP contribution is -2.17. The molecule has 0 unspecified atom stereocenters. The number of halogens is 2. The van der Waals surface area contributed by atoms with Gasteiger partial charge in [0, 0.05) is 36.6 Å². The molecule has 2 heterocycles. The zero-order valence-corrected chi connectivity index (χ0v) is 22.5. The number of hydrogen-bond donors (Lipinski definition) is 1. The molecule has 0 aliphatic rings. The van der Waals surface area contributed by atoms with Crippen molar-refractivity contribution < 1.29 is 9.84 Å². The van der Waals surface area contributed by atoms with E-state index in [1.165, 1.54) is 23.7 Å². The first-order valence-electron chi connectivity index (χ1n) is 12.1. The van der Waals surface area contributed by atoms with Crippen molar-refractivity contribution in [2.45, 2.75) is 19.7 Å². The second kappa shape index (κ2) is 12.2. The normalized spacial score (nSPS) is 11.1. The van der Waals surface area contributed by atoms with Crippen molar-refractivity contribution >= 4 is 23.2 Å². The van der Waals surface area contributed by atoms with E-state index in [2.05, 4.69) is 73.5 Å². The van der Waals surface area contributed by atoms with Crippen LogP contribution in [-0.2, 0) is 19.7 Å². The zero-order chi connectivity index (χ0) is 27.2. The lowest BCUT2D eigenvalue weighted by molar-refractivity contribution is 0.276. The maximum absolute atomic E-state index is 9.72. The number of ether oxygens (including phenoxy) is 1. The molecule has 0 aliphatic heterocycles. The monoisotopic (exact) mass is 558 g/mol. The summed E-state index contributed by atoms with van der Waals surface area (Å²) in [5, 5.41) is 18.1.